The lowest BCUT2D eigenvalue weighted by Gasteiger charge is -2.05. The van der Waals surface area contributed by atoms with E-state index in [1.807, 2.05) is 12.1 Å². The summed E-state index contributed by atoms with van der Waals surface area (Å²) in [5, 5.41) is 0. The molecule has 0 fully saturated rings. The molecule has 0 radical (unpaired) electrons. The fourth-order valence-electron chi connectivity index (χ4n) is 2.53. The van der Waals surface area contributed by atoms with Crippen molar-refractivity contribution in [2.75, 3.05) is 6.61 Å². The lowest BCUT2D eigenvalue weighted by Crippen LogP contribution is -2.07. The molecule has 0 unspecified atom stereocenters. The monoisotopic (exact) mass is 320 g/mol. The molecule has 0 amide bonds. The Morgan fingerprint density at radius 1 is 0.826 bits per heavy atom. The van der Waals surface area contributed by atoms with Gasteiger partial charge in [0.05, 0.1) is 12.2 Å². The molecule has 3 heteroatoms. The summed E-state index contributed by atoms with van der Waals surface area (Å²) in [7, 11) is 0. The van der Waals surface area contributed by atoms with Crippen molar-refractivity contribution >= 4 is 5.97 Å². The predicted octanol–water partition coefficient (Wildman–Crippen LogP) is 5.87. The maximum absolute atomic E-state index is 11.8. The third-order valence-electron chi connectivity index (χ3n) is 3.94. The van der Waals surface area contributed by atoms with Crippen molar-refractivity contribution in [3.63, 3.8) is 0 Å². The Morgan fingerprint density at radius 3 is 2.04 bits per heavy atom. The Balaban J connectivity index is 2.03. The van der Waals surface area contributed by atoms with Crippen molar-refractivity contribution in [3.8, 4) is 0 Å². The summed E-state index contributed by atoms with van der Waals surface area (Å²) in [6.45, 7) is 4.86. The minimum atomic E-state index is -0.410. The minimum Gasteiger partial charge on any atom is -0.293 e. The van der Waals surface area contributed by atoms with Crippen molar-refractivity contribution in [2.24, 2.45) is 0 Å². The first-order valence-electron chi connectivity index (χ1n) is 9.20. The fraction of sp³-hybridized carbons (Fsp3) is 0.650. The molecule has 0 aromatic heterocycles. The lowest BCUT2D eigenvalue weighted by molar-refractivity contribution is -0.241. The predicted molar refractivity (Wildman–Crippen MR) is 94.4 cm³/mol. The zero-order valence-electron chi connectivity index (χ0n) is 14.8. The first-order chi connectivity index (χ1) is 11.3. The molecule has 0 atom stereocenters. The van der Waals surface area contributed by atoms with E-state index in [0.717, 1.165) is 25.7 Å². The van der Waals surface area contributed by atoms with E-state index in [0.29, 0.717) is 12.2 Å². The van der Waals surface area contributed by atoms with Crippen LogP contribution < -0.4 is 0 Å². The second-order valence-corrected chi connectivity index (χ2v) is 6.11. The van der Waals surface area contributed by atoms with E-state index < -0.39 is 5.97 Å². The number of aryl methyl sites for hydroxylation is 1. The molecule has 0 aliphatic heterocycles. The van der Waals surface area contributed by atoms with Gasteiger partial charge in [0, 0.05) is 0 Å². The number of carbonyl (C=O) groups is 1. The minimum absolute atomic E-state index is 0.410. The average molecular weight is 320 g/mol. The molecular weight excluding hydrogens is 288 g/mol. The van der Waals surface area contributed by atoms with Crippen LogP contribution in [0, 0.1) is 0 Å². The molecule has 0 N–H and O–H groups in total. The lowest BCUT2D eigenvalue weighted by atomic mass is 10.1. The molecule has 1 aromatic rings. The summed E-state index contributed by atoms with van der Waals surface area (Å²) >= 11 is 0. The van der Waals surface area contributed by atoms with Crippen LogP contribution in [0.15, 0.2) is 24.3 Å². The van der Waals surface area contributed by atoms with Crippen LogP contribution in [-0.2, 0) is 16.2 Å². The van der Waals surface area contributed by atoms with Crippen LogP contribution in [0.5, 0.6) is 0 Å². The van der Waals surface area contributed by atoms with Gasteiger partial charge in [-0.3, -0.25) is 4.89 Å². The van der Waals surface area contributed by atoms with Gasteiger partial charge in [-0.15, -0.1) is 0 Å². The zero-order valence-corrected chi connectivity index (χ0v) is 14.8. The third kappa shape index (κ3) is 9.39. The first-order valence-corrected chi connectivity index (χ1v) is 9.20. The second kappa shape index (κ2) is 13.1. The van der Waals surface area contributed by atoms with Crippen molar-refractivity contribution in [1.82, 2.24) is 0 Å². The van der Waals surface area contributed by atoms with Crippen molar-refractivity contribution in [2.45, 2.75) is 78.1 Å². The van der Waals surface area contributed by atoms with E-state index in [1.54, 1.807) is 12.1 Å². The molecule has 0 aliphatic carbocycles. The van der Waals surface area contributed by atoms with Crippen LogP contribution in [0.4, 0.5) is 0 Å². The Hall–Kier alpha value is -1.35. The number of hydrogen-bond acceptors (Lipinski definition) is 3. The molecule has 130 valence electrons. The quantitative estimate of drug-likeness (QED) is 0.259. The van der Waals surface area contributed by atoms with Gasteiger partial charge in [-0.25, -0.2) is 4.79 Å². The topological polar surface area (TPSA) is 35.5 Å². The van der Waals surface area contributed by atoms with Crippen molar-refractivity contribution < 1.29 is 14.6 Å². The van der Waals surface area contributed by atoms with Crippen LogP contribution in [-0.4, -0.2) is 12.6 Å². The van der Waals surface area contributed by atoms with Gasteiger partial charge in [0.1, 0.15) is 0 Å². The SMILES string of the molecule is CCCCCCCCCCOOC(=O)c1ccc(CCC)cc1. The van der Waals surface area contributed by atoms with E-state index in [4.69, 9.17) is 9.78 Å². The molecule has 1 rings (SSSR count). The maximum atomic E-state index is 11.8. The van der Waals surface area contributed by atoms with Gasteiger partial charge in [0.2, 0.25) is 0 Å². The smallest absolute Gasteiger partial charge is 0.293 e. The molecule has 0 spiro atoms. The molecule has 0 saturated heterocycles. The van der Waals surface area contributed by atoms with Gasteiger partial charge >= 0.3 is 5.97 Å². The van der Waals surface area contributed by atoms with E-state index in [1.165, 1.54) is 44.1 Å². The number of unbranched alkanes of at least 4 members (excludes halogenated alkanes) is 7. The summed E-state index contributed by atoms with van der Waals surface area (Å²) in [6.07, 6.45) is 12.1. The summed E-state index contributed by atoms with van der Waals surface area (Å²) in [5.74, 6) is -0.410. The average Bonchev–Trinajstić information content (AvgIpc) is 2.57. The molecule has 0 aliphatic rings. The second-order valence-electron chi connectivity index (χ2n) is 6.11. The number of benzene rings is 1. The van der Waals surface area contributed by atoms with Gasteiger partial charge in [0.15, 0.2) is 0 Å². The molecule has 23 heavy (non-hydrogen) atoms. The van der Waals surface area contributed by atoms with Gasteiger partial charge in [-0.1, -0.05) is 77.3 Å². The largest absolute Gasteiger partial charge is 0.373 e. The van der Waals surface area contributed by atoms with Gasteiger partial charge in [0.25, 0.3) is 0 Å². The van der Waals surface area contributed by atoms with Crippen molar-refractivity contribution in [3.05, 3.63) is 35.4 Å². The van der Waals surface area contributed by atoms with Crippen LogP contribution >= 0.6 is 0 Å². The molecule has 0 bridgehead atoms. The number of rotatable bonds is 13. The Morgan fingerprint density at radius 2 is 1.43 bits per heavy atom. The highest BCUT2D eigenvalue weighted by atomic mass is 17.2. The van der Waals surface area contributed by atoms with Crippen LogP contribution in [0.1, 0.15) is 87.6 Å². The summed E-state index contributed by atoms with van der Waals surface area (Å²) in [6, 6.07) is 7.54. The van der Waals surface area contributed by atoms with Crippen molar-refractivity contribution in [1.29, 1.82) is 0 Å². The highest BCUT2D eigenvalue weighted by molar-refractivity contribution is 5.88. The summed E-state index contributed by atoms with van der Waals surface area (Å²) in [4.78, 5) is 21.7. The highest BCUT2D eigenvalue weighted by Crippen LogP contribution is 2.10. The summed E-state index contributed by atoms with van der Waals surface area (Å²) < 4.78 is 0. The molecule has 0 heterocycles. The normalized spacial score (nSPS) is 10.7. The number of carbonyl (C=O) groups excluding carboxylic acids is 1. The van der Waals surface area contributed by atoms with Gasteiger partial charge in [-0.05, 0) is 30.5 Å². The zero-order chi connectivity index (χ0) is 16.8. The Labute approximate surface area is 141 Å². The first kappa shape index (κ1) is 19.7. The Bertz CT molecular complexity index is 411. The molecular formula is C20H32O3. The standard InChI is InChI=1S/C20H32O3/c1-3-5-6-7-8-9-10-11-17-22-23-20(21)19-15-13-18(12-4-2)14-16-19/h13-16H,3-12,17H2,1-2H3. The highest BCUT2D eigenvalue weighted by Gasteiger charge is 2.07. The van der Waals surface area contributed by atoms with E-state index in [9.17, 15) is 4.79 Å². The Kier molecular flexibility index (Phi) is 11.2. The van der Waals surface area contributed by atoms with Gasteiger partial charge < -0.3 is 0 Å². The third-order valence-corrected chi connectivity index (χ3v) is 3.94. The van der Waals surface area contributed by atoms with E-state index in [-0.39, 0.29) is 0 Å². The van der Waals surface area contributed by atoms with Gasteiger partial charge in [-0.2, -0.15) is 4.89 Å². The van der Waals surface area contributed by atoms with E-state index in [2.05, 4.69) is 13.8 Å². The fourth-order valence-corrected chi connectivity index (χ4v) is 2.53. The molecule has 3 nitrogen and oxygen atoms in total. The van der Waals surface area contributed by atoms with Crippen LogP contribution in [0.2, 0.25) is 0 Å². The van der Waals surface area contributed by atoms with Crippen LogP contribution in [0.3, 0.4) is 0 Å². The van der Waals surface area contributed by atoms with Crippen LogP contribution in [0.25, 0.3) is 0 Å². The summed E-state index contributed by atoms with van der Waals surface area (Å²) in [5.41, 5.74) is 1.78. The number of hydrogen-bond donors (Lipinski definition) is 0. The maximum Gasteiger partial charge on any atom is 0.373 e. The molecule has 0 saturated carbocycles. The van der Waals surface area contributed by atoms with E-state index >= 15 is 0 Å². The molecule has 1 aromatic carbocycles.